The summed E-state index contributed by atoms with van der Waals surface area (Å²) in [6.45, 7) is 4.13. The van der Waals surface area contributed by atoms with E-state index in [1.165, 1.54) is 4.88 Å². The second-order valence-electron chi connectivity index (χ2n) is 7.17. The summed E-state index contributed by atoms with van der Waals surface area (Å²) in [7, 11) is 0. The number of aromatic nitrogens is 4. The molecule has 1 aliphatic heterocycles. The second-order valence-corrected chi connectivity index (χ2v) is 8.15. The predicted octanol–water partition coefficient (Wildman–Crippen LogP) is 4.12. The number of halogens is 3. The molecular weight excluding hydrogens is 403 g/mol. The number of hydrogen-bond acceptors (Lipinski definition) is 5. The maximum absolute atomic E-state index is 12.9. The number of likely N-dealkylation sites (tertiary alicyclic amines) is 1. The van der Waals surface area contributed by atoms with Gasteiger partial charge in [-0.2, -0.15) is 18.2 Å². The topological polar surface area (TPSA) is 63.4 Å². The molecule has 4 heterocycles. The molecule has 0 unspecified atom stereocenters. The van der Waals surface area contributed by atoms with E-state index in [-0.39, 0.29) is 24.1 Å². The molecule has 1 aliphatic rings. The fourth-order valence-corrected chi connectivity index (χ4v) is 4.78. The van der Waals surface area contributed by atoms with Crippen molar-refractivity contribution in [1.82, 2.24) is 24.5 Å². The van der Waals surface area contributed by atoms with Gasteiger partial charge < -0.3 is 4.90 Å². The predicted molar refractivity (Wildman–Crippen MR) is 102 cm³/mol. The van der Waals surface area contributed by atoms with Gasteiger partial charge in [0.1, 0.15) is 0 Å². The lowest BCUT2D eigenvalue weighted by atomic mass is 10.1. The van der Waals surface area contributed by atoms with Crippen molar-refractivity contribution in [2.24, 2.45) is 0 Å². The summed E-state index contributed by atoms with van der Waals surface area (Å²) in [6.07, 6.45) is -2.03. The standard InChI is InChI=1S/C19H20F3N5OS/c1-11-13(12(2)27-18(23-11)24-17(25-27)19(20,21)22)7-8-16(28)26-9-3-5-14(26)15-6-4-10-29-15/h4,6,10,14H,3,5,7-9H2,1-2H3/t14-/m0/s1. The van der Waals surface area contributed by atoms with E-state index in [1.807, 2.05) is 16.3 Å². The number of hydrogen-bond donors (Lipinski definition) is 0. The number of nitrogens with zero attached hydrogens (tertiary/aromatic N) is 5. The average molecular weight is 423 g/mol. The van der Waals surface area contributed by atoms with Crippen LogP contribution in [0.15, 0.2) is 17.5 Å². The minimum absolute atomic E-state index is 0.0503. The normalized spacial score (nSPS) is 17.4. The molecule has 1 amide bonds. The van der Waals surface area contributed by atoms with Crippen LogP contribution >= 0.6 is 11.3 Å². The molecule has 0 saturated carbocycles. The van der Waals surface area contributed by atoms with Crippen LogP contribution in [0.25, 0.3) is 5.78 Å². The summed E-state index contributed by atoms with van der Waals surface area (Å²) < 4.78 is 39.9. The molecule has 4 rings (SSSR count). The lowest BCUT2D eigenvalue weighted by molar-refractivity contribution is -0.144. The zero-order valence-electron chi connectivity index (χ0n) is 16.0. The Labute approximate surface area is 169 Å². The SMILES string of the molecule is Cc1nc2nc(C(F)(F)F)nn2c(C)c1CCC(=O)N1CCC[C@H]1c1cccs1. The number of amides is 1. The third-order valence-corrected chi connectivity index (χ3v) is 6.31. The Hall–Kier alpha value is -2.49. The van der Waals surface area contributed by atoms with E-state index in [2.05, 4.69) is 21.1 Å². The summed E-state index contributed by atoms with van der Waals surface area (Å²) in [4.78, 5) is 23.6. The molecule has 1 fully saturated rings. The van der Waals surface area contributed by atoms with E-state index in [0.717, 1.165) is 29.5 Å². The van der Waals surface area contributed by atoms with Crippen molar-refractivity contribution in [1.29, 1.82) is 0 Å². The van der Waals surface area contributed by atoms with Gasteiger partial charge in [-0.1, -0.05) is 6.07 Å². The Bertz CT molecular complexity index is 1040. The van der Waals surface area contributed by atoms with Crippen molar-refractivity contribution in [2.45, 2.75) is 51.7 Å². The summed E-state index contributed by atoms with van der Waals surface area (Å²) >= 11 is 1.65. The van der Waals surface area contributed by atoms with Gasteiger partial charge in [0.15, 0.2) is 0 Å². The summed E-state index contributed by atoms with van der Waals surface area (Å²) in [5, 5.41) is 5.57. The van der Waals surface area contributed by atoms with Crippen molar-refractivity contribution < 1.29 is 18.0 Å². The minimum Gasteiger partial charge on any atom is -0.335 e. The molecule has 0 aromatic carbocycles. The van der Waals surface area contributed by atoms with Crippen LogP contribution in [-0.2, 0) is 17.4 Å². The lowest BCUT2D eigenvalue weighted by Gasteiger charge is -2.24. The largest absolute Gasteiger partial charge is 0.453 e. The molecule has 3 aromatic heterocycles. The van der Waals surface area contributed by atoms with Crippen molar-refractivity contribution in [3.05, 3.63) is 45.2 Å². The van der Waals surface area contributed by atoms with Crippen LogP contribution in [-0.4, -0.2) is 36.9 Å². The smallest absolute Gasteiger partial charge is 0.335 e. The van der Waals surface area contributed by atoms with Gasteiger partial charge in [-0.05, 0) is 50.1 Å². The van der Waals surface area contributed by atoms with Crippen LogP contribution in [0.4, 0.5) is 13.2 Å². The highest BCUT2D eigenvalue weighted by Crippen LogP contribution is 2.35. The molecule has 0 bridgehead atoms. The number of alkyl halides is 3. The van der Waals surface area contributed by atoms with Crippen molar-refractivity contribution >= 4 is 23.0 Å². The average Bonchev–Trinajstić information content (AvgIpc) is 3.39. The Morgan fingerprint density at radius 3 is 2.79 bits per heavy atom. The first-order chi connectivity index (χ1) is 13.8. The zero-order chi connectivity index (χ0) is 20.8. The number of carbonyl (C=O) groups is 1. The number of rotatable bonds is 4. The molecule has 0 N–H and O–H groups in total. The van der Waals surface area contributed by atoms with Gasteiger partial charge in [-0.25, -0.2) is 9.50 Å². The van der Waals surface area contributed by atoms with Gasteiger partial charge in [-0.15, -0.1) is 16.4 Å². The Balaban J connectivity index is 1.54. The quantitative estimate of drug-likeness (QED) is 0.633. The lowest BCUT2D eigenvalue weighted by Crippen LogP contribution is -2.30. The molecule has 1 saturated heterocycles. The molecular formula is C19H20F3N5OS. The van der Waals surface area contributed by atoms with Gasteiger partial charge in [0, 0.05) is 29.2 Å². The van der Waals surface area contributed by atoms with Crippen molar-refractivity contribution in [2.75, 3.05) is 6.54 Å². The highest BCUT2D eigenvalue weighted by molar-refractivity contribution is 7.10. The number of fused-ring (bicyclic) bond motifs is 1. The monoisotopic (exact) mass is 423 g/mol. The fraction of sp³-hybridized carbons (Fsp3) is 0.474. The summed E-state index contributed by atoms with van der Waals surface area (Å²) in [5.41, 5.74) is 1.83. The van der Waals surface area contributed by atoms with Crippen LogP contribution in [0.5, 0.6) is 0 Å². The van der Waals surface area contributed by atoms with Crippen LogP contribution in [0.1, 0.15) is 53.0 Å². The molecule has 0 aliphatic carbocycles. The van der Waals surface area contributed by atoms with Gasteiger partial charge in [0.05, 0.1) is 6.04 Å². The van der Waals surface area contributed by atoms with E-state index in [0.29, 0.717) is 17.8 Å². The van der Waals surface area contributed by atoms with E-state index in [1.54, 1.807) is 25.2 Å². The molecule has 29 heavy (non-hydrogen) atoms. The molecule has 6 nitrogen and oxygen atoms in total. The van der Waals surface area contributed by atoms with Gasteiger partial charge in [0.2, 0.25) is 5.91 Å². The van der Waals surface area contributed by atoms with Gasteiger partial charge in [0.25, 0.3) is 11.6 Å². The third-order valence-electron chi connectivity index (χ3n) is 5.34. The van der Waals surface area contributed by atoms with Crippen LogP contribution in [0.3, 0.4) is 0 Å². The minimum atomic E-state index is -4.63. The van der Waals surface area contributed by atoms with E-state index in [4.69, 9.17) is 0 Å². The Morgan fingerprint density at radius 2 is 2.10 bits per heavy atom. The van der Waals surface area contributed by atoms with E-state index >= 15 is 0 Å². The number of aryl methyl sites for hydroxylation is 2. The zero-order valence-corrected chi connectivity index (χ0v) is 16.8. The first-order valence-electron chi connectivity index (χ1n) is 9.38. The first kappa shape index (κ1) is 19.8. The molecule has 10 heteroatoms. The highest BCUT2D eigenvalue weighted by atomic mass is 32.1. The maximum Gasteiger partial charge on any atom is 0.453 e. The van der Waals surface area contributed by atoms with Crippen LogP contribution in [0.2, 0.25) is 0 Å². The maximum atomic E-state index is 12.9. The molecule has 0 spiro atoms. The summed E-state index contributed by atoms with van der Waals surface area (Å²) in [5.74, 6) is -1.24. The van der Waals surface area contributed by atoms with Gasteiger partial charge in [-0.3, -0.25) is 4.79 Å². The molecule has 0 radical (unpaired) electrons. The second kappa shape index (κ2) is 7.40. The van der Waals surface area contributed by atoms with Crippen molar-refractivity contribution in [3.63, 3.8) is 0 Å². The number of thiophene rings is 1. The van der Waals surface area contributed by atoms with Crippen LogP contribution in [0, 0.1) is 13.8 Å². The van der Waals surface area contributed by atoms with Crippen LogP contribution < -0.4 is 0 Å². The highest BCUT2D eigenvalue weighted by Gasteiger charge is 2.37. The Kier molecular flexibility index (Phi) is 5.05. The van der Waals surface area contributed by atoms with E-state index < -0.39 is 12.0 Å². The molecule has 1 atom stereocenters. The molecule has 154 valence electrons. The van der Waals surface area contributed by atoms with E-state index in [9.17, 15) is 18.0 Å². The van der Waals surface area contributed by atoms with Crippen molar-refractivity contribution in [3.8, 4) is 0 Å². The summed E-state index contributed by atoms with van der Waals surface area (Å²) in [6, 6.07) is 4.16. The van der Waals surface area contributed by atoms with Gasteiger partial charge >= 0.3 is 6.18 Å². The molecule has 3 aromatic rings. The third kappa shape index (κ3) is 3.73. The fourth-order valence-electron chi connectivity index (χ4n) is 3.91. The first-order valence-corrected chi connectivity index (χ1v) is 10.3. The Morgan fingerprint density at radius 1 is 1.31 bits per heavy atom. The number of carbonyl (C=O) groups excluding carboxylic acids is 1.